The van der Waals surface area contributed by atoms with Crippen molar-refractivity contribution in [1.82, 2.24) is 5.32 Å². The molecule has 0 heterocycles. The van der Waals surface area contributed by atoms with Crippen LogP contribution in [-0.2, 0) is 14.3 Å². The molecule has 0 aliphatic rings. The van der Waals surface area contributed by atoms with Crippen molar-refractivity contribution >= 4 is 28.0 Å². The molecule has 100 valence electrons. The van der Waals surface area contributed by atoms with E-state index in [1.54, 1.807) is 41.5 Å². The van der Waals surface area contributed by atoms with Gasteiger partial charge >= 0.3 is 12.1 Å². The molecule has 1 atom stereocenters. The molecule has 0 bridgehead atoms. The van der Waals surface area contributed by atoms with E-state index < -0.39 is 28.2 Å². The molecular formula is C11H20BrNO4. The number of alkyl carbamates (subject to hydrolysis) is 1. The molecule has 1 N–H and O–H groups in total. The Morgan fingerprint density at radius 2 is 1.41 bits per heavy atom. The molecule has 6 heteroatoms. The number of halogens is 1. The molecular weight excluding hydrogens is 290 g/mol. The fourth-order valence-corrected chi connectivity index (χ4v) is 1.10. The van der Waals surface area contributed by atoms with Crippen molar-refractivity contribution in [2.24, 2.45) is 0 Å². The topological polar surface area (TPSA) is 64.6 Å². The molecule has 0 aromatic carbocycles. The van der Waals surface area contributed by atoms with Gasteiger partial charge in [0.25, 0.3) is 0 Å². The second kappa shape index (κ2) is 5.71. The van der Waals surface area contributed by atoms with E-state index in [9.17, 15) is 9.59 Å². The molecule has 0 saturated carbocycles. The molecule has 0 radical (unpaired) electrons. The molecule has 0 aromatic rings. The molecule has 1 amide bonds. The molecule has 5 nitrogen and oxygen atoms in total. The van der Waals surface area contributed by atoms with Gasteiger partial charge in [0, 0.05) is 0 Å². The van der Waals surface area contributed by atoms with Gasteiger partial charge in [0.2, 0.25) is 0 Å². The number of amides is 1. The molecule has 0 fully saturated rings. The summed E-state index contributed by atoms with van der Waals surface area (Å²) in [5.74, 6) is -0.566. The summed E-state index contributed by atoms with van der Waals surface area (Å²) >= 11 is 3.02. The van der Waals surface area contributed by atoms with Gasteiger partial charge in [-0.1, -0.05) is 15.9 Å². The summed E-state index contributed by atoms with van der Waals surface area (Å²) in [4.78, 5) is 22.0. The van der Waals surface area contributed by atoms with E-state index in [-0.39, 0.29) is 0 Å². The Balaban J connectivity index is 4.22. The highest BCUT2D eigenvalue weighted by Gasteiger charge is 2.26. The van der Waals surface area contributed by atoms with Crippen molar-refractivity contribution in [3.8, 4) is 0 Å². The van der Waals surface area contributed by atoms with Crippen molar-refractivity contribution in [2.75, 3.05) is 0 Å². The minimum absolute atomic E-state index is 0.566. The maximum absolute atomic E-state index is 11.5. The Morgan fingerprint density at radius 3 is 1.76 bits per heavy atom. The second-order valence-corrected chi connectivity index (χ2v) is 6.46. The number of esters is 1. The van der Waals surface area contributed by atoms with Crippen molar-refractivity contribution < 1.29 is 19.1 Å². The minimum Gasteiger partial charge on any atom is -0.458 e. The van der Waals surface area contributed by atoms with Gasteiger partial charge in [-0.3, -0.25) is 5.32 Å². The first-order chi connectivity index (χ1) is 7.41. The predicted octanol–water partition coefficient (Wildman–Crippen LogP) is 2.57. The van der Waals surface area contributed by atoms with Crippen LogP contribution in [0.5, 0.6) is 0 Å². The van der Waals surface area contributed by atoms with E-state index in [0.29, 0.717) is 0 Å². The van der Waals surface area contributed by atoms with Gasteiger partial charge in [-0.05, 0) is 41.5 Å². The number of alkyl halides is 1. The fraction of sp³-hybridized carbons (Fsp3) is 0.818. The van der Waals surface area contributed by atoms with Crippen LogP contribution in [0, 0.1) is 0 Å². The van der Waals surface area contributed by atoms with Crippen LogP contribution in [0.2, 0.25) is 0 Å². The lowest BCUT2D eigenvalue weighted by Gasteiger charge is -2.23. The van der Waals surface area contributed by atoms with Gasteiger partial charge in [-0.15, -0.1) is 0 Å². The van der Waals surface area contributed by atoms with Crippen LogP contribution in [-0.4, -0.2) is 28.2 Å². The van der Waals surface area contributed by atoms with Crippen LogP contribution in [0.3, 0.4) is 0 Å². The maximum Gasteiger partial charge on any atom is 0.409 e. The summed E-state index contributed by atoms with van der Waals surface area (Å²) in [5.41, 5.74) is -1.20. The van der Waals surface area contributed by atoms with Gasteiger partial charge in [0.1, 0.15) is 11.2 Å². The predicted molar refractivity (Wildman–Crippen MR) is 67.9 cm³/mol. The van der Waals surface area contributed by atoms with Crippen LogP contribution >= 0.6 is 15.9 Å². The summed E-state index contributed by atoms with van der Waals surface area (Å²) in [6.07, 6.45) is -0.676. The van der Waals surface area contributed by atoms with Crippen LogP contribution in [0.4, 0.5) is 4.79 Å². The number of carbonyl (C=O) groups is 2. The summed E-state index contributed by atoms with van der Waals surface area (Å²) in [5, 5.41) is 2.34. The first-order valence-corrected chi connectivity index (χ1v) is 6.19. The van der Waals surface area contributed by atoms with E-state index in [0.717, 1.165) is 0 Å². The van der Waals surface area contributed by atoms with E-state index in [2.05, 4.69) is 21.2 Å². The molecule has 17 heavy (non-hydrogen) atoms. The SMILES string of the molecule is CC(C)(C)OC(=O)N[C@@H](Br)C(=O)OC(C)(C)C. The van der Waals surface area contributed by atoms with Gasteiger partial charge in [0.05, 0.1) is 0 Å². The normalized spacial score (nSPS) is 13.8. The Kier molecular flexibility index (Phi) is 5.45. The molecule has 0 aliphatic heterocycles. The minimum atomic E-state index is -0.920. The highest BCUT2D eigenvalue weighted by atomic mass is 79.9. The molecule has 0 rings (SSSR count). The summed E-state index contributed by atoms with van der Waals surface area (Å²) in [7, 11) is 0. The molecule has 0 aliphatic carbocycles. The number of carbonyl (C=O) groups excluding carboxylic acids is 2. The molecule has 0 unspecified atom stereocenters. The second-order valence-electron chi connectivity index (χ2n) is 5.54. The quantitative estimate of drug-likeness (QED) is 0.484. The van der Waals surface area contributed by atoms with E-state index in [1.807, 2.05) is 0 Å². The Morgan fingerprint density at radius 1 is 1.00 bits per heavy atom. The van der Waals surface area contributed by atoms with Crippen molar-refractivity contribution in [2.45, 2.75) is 57.7 Å². The number of nitrogens with one attached hydrogen (secondary N) is 1. The van der Waals surface area contributed by atoms with Gasteiger partial charge < -0.3 is 9.47 Å². The van der Waals surface area contributed by atoms with E-state index in [4.69, 9.17) is 9.47 Å². The van der Waals surface area contributed by atoms with Crippen LogP contribution < -0.4 is 5.32 Å². The van der Waals surface area contributed by atoms with Crippen LogP contribution in [0.15, 0.2) is 0 Å². The third kappa shape index (κ3) is 8.97. The van der Waals surface area contributed by atoms with Crippen LogP contribution in [0.1, 0.15) is 41.5 Å². The average molecular weight is 310 g/mol. The lowest BCUT2D eigenvalue weighted by atomic mass is 10.2. The number of hydrogen-bond acceptors (Lipinski definition) is 4. The number of hydrogen-bond donors (Lipinski definition) is 1. The Hall–Kier alpha value is -0.780. The zero-order valence-electron chi connectivity index (χ0n) is 11.1. The van der Waals surface area contributed by atoms with Crippen molar-refractivity contribution in [3.05, 3.63) is 0 Å². The van der Waals surface area contributed by atoms with E-state index in [1.165, 1.54) is 0 Å². The van der Waals surface area contributed by atoms with Gasteiger partial charge in [-0.25, -0.2) is 9.59 Å². The highest BCUT2D eigenvalue weighted by Crippen LogP contribution is 2.12. The fourth-order valence-electron chi connectivity index (χ4n) is 0.823. The van der Waals surface area contributed by atoms with Crippen molar-refractivity contribution in [3.63, 3.8) is 0 Å². The first kappa shape index (κ1) is 16.2. The first-order valence-electron chi connectivity index (χ1n) is 5.27. The number of rotatable bonds is 2. The Labute approximate surface area is 110 Å². The summed E-state index contributed by atoms with van der Waals surface area (Å²) in [6.45, 7) is 10.5. The summed E-state index contributed by atoms with van der Waals surface area (Å²) < 4.78 is 10.1. The number of ether oxygens (including phenoxy) is 2. The highest BCUT2D eigenvalue weighted by molar-refractivity contribution is 9.10. The summed E-state index contributed by atoms with van der Waals surface area (Å²) in [6, 6.07) is 0. The largest absolute Gasteiger partial charge is 0.458 e. The molecule has 0 spiro atoms. The average Bonchev–Trinajstić information content (AvgIpc) is 1.95. The molecule has 0 saturated heterocycles. The van der Waals surface area contributed by atoms with Crippen LogP contribution in [0.25, 0.3) is 0 Å². The third-order valence-electron chi connectivity index (χ3n) is 1.26. The maximum atomic E-state index is 11.5. The monoisotopic (exact) mass is 309 g/mol. The zero-order valence-corrected chi connectivity index (χ0v) is 12.7. The molecule has 0 aromatic heterocycles. The van der Waals surface area contributed by atoms with E-state index >= 15 is 0 Å². The standard InChI is InChI=1S/C11H20BrNO4/c1-10(2,3)16-8(14)7(12)13-9(15)17-11(4,5)6/h7H,1-6H3,(H,13,15)/t7-/m1/s1. The lowest BCUT2D eigenvalue weighted by Crippen LogP contribution is -2.42. The third-order valence-corrected chi connectivity index (χ3v) is 1.86. The zero-order chi connectivity index (χ0) is 13.9. The van der Waals surface area contributed by atoms with Gasteiger partial charge in [0.15, 0.2) is 4.95 Å². The Bertz CT molecular complexity index is 291. The smallest absolute Gasteiger partial charge is 0.409 e. The van der Waals surface area contributed by atoms with Crippen molar-refractivity contribution in [1.29, 1.82) is 0 Å². The lowest BCUT2D eigenvalue weighted by molar-refractivity contribution is -0.154. The van der Waals surface area contributed by atoms with Gasteiger partial charge in [-0.2, -0.15) is 0 Å².